The zero-order chi connectivity index (χ0) is 20.3. The van der Waals surface area contributed by atoms with E-state index in [0.717, 1.165) is 26.4 Å². The zero-order valence-electron chi connectivity index (χ0n) is 16.1. The lowest BCUT2D eigenvalue weighted by molar-refractivity contribution is 0.102. The van der Waals surface area contributed by atoms with Crippen LogP contribution >= 0.6 is 23.7 Å². The number of benzene rings is 2. The second-order valence-corrected chi connectivity index (χ2v) is 7.52. The fourth-order valence-corrected chi connectivity index (χ4v) is 4.04. The topological polar surface area (TPSA) is 80.7 Å². The SMILES string of the molecule is Cl.O=C(Nc1ccccc1-c1nc2ccncc2s1)c1ccnc(-c2ccccc2)n1. The van der Waals surface area contributed by atoms with E-state index in [1.54, 1.807) is 24.7 Å². The van der Waals surface area contributed by atoms with E-state index in [1.165, 1.54) is 11.3 Å². The molecule has 3 aromatic heterocycles. The smallest absolute Gasteiger partial charge is 0.274 e. The van der Waals surface area contributed by atoms with E-state index < -0.39 is 0 Å². The Balaban J connectivity index is 0.00000231. The molecule has 0 saturated carbocycles. The molecule has 0 aliphatic carbocycles. The molecular weight excluding hydrogens is 430 g/mol. The molecule has 2 aromatic carbocycles. The Morgan fingerprint density at radius 3 is 2.52 bits per heavy atom. The zero-order valence-corrected chi connectivity index (χ0v) is 17.7. The highest BCUT2D eigenvalue weighted by Crippen LogP contribution is 2.34. The lowest BCUT2D eigenvalue weighted by Gasteiger charge is -2.09. The molecule has 0 radical (unpaired) electrons. The van der Waals surface area contributed by atoms with E-state index in [4.69, 9.17) is 0 Å². The van der Waals surface area contributed by atoms with Gasteiger partial charge in [-0.15, -0.1) is 23.7 Å². The second kappa shape index (κ2) is 8.99. The lowest BCUT2D eigenvalue weighted by Crippen LogP contribution is -2.15. The van der Waals surface area contributed by atoms with Crippen LogP contribution < -0.4 is 5.32 Å². The average Bonchev–Trinajstić information content (AvgIpc) is 3.24. The van der Waals surface area contributed by atoms with Crippen molar-refractivity contribution >= 4 is 45.6 Å². The van der Waals surface area contributed by atoms with Gasteiger partial charge in [0.1, 0.15) is 10.7 Å². The Morgan fingerprint density at radius 1 is 0.871 bits per heavy atom. The molecule has 8 heteroatoms. The highest BCUT2D eigenvalue weighted by Gasteiger charge is 2.15. The highest BCUT2D eigenvalue weighted by molar-refractivity contribution is 7.21. The van der Waals surface area contributed by atoms with Gasteiger partial charge in [0.25, 0.3) is 5.91 Å². The quantitative estimate of drug-likeness (QED) is 0.395. The van der Waals surface area contributed by atoms with Crippen LogP contribution in [-0.4, -0.2) is 25.8 Å². The number of nitrogens with one attached hydrogen (secondary N) is 1. The van der Waals surface area contributed by atoms with Crippen LogP contribution in [-0.2, 0) is 0 Å². The van der Waals surface area contributed by atoms with E-state index in [-0.39, 0.29) is 18.3 Å². The monoisotopic (exact) mass is 445 g/mol. The number of aromatic nitrogens is 4. The van der Waals surface area contributed by atoms with Crippen LogP contribution in [0.2, 0.25) is 0 Å². The standard InChI is InChI=1S/C23H15N5OS.ClH/c29-22(19-11-13-25-21(26-19)15-6-2-1-3-7-15)27-17-9-5-4-8-16(17)23-28-18-10-12-24-14-20(18)30-23;/h1-14H,(H,27,29);1H. The van der Waals surface area contributed by atoms with Crippen LogP contribution in [0.25, 0.3) is 32.2 Å². The fourth-order valence-electron chi connectivity index (χ4n) is 3.07. The van der Waals surface area contributed by atoms with E-state index in [2.05, 4.69) is 25.3 Å². The van der Waals surface area contributed by atoms with Crippen molar-refractivity contribution in [3.63, 3.8) is 0 Å². The molecule has 5 rings (SSSR count). The summed E-state index contributed by atoms with van der Waals surface area (Å²) in [4.78, 5) is 30.5. The summed E-state index contributed by atoms with van der Waals surface area (Å²) < 4.78 is 0.997. The van der Waals surface area contributed by atoms with Crippen LogP contribution in [0.15, 0.2) is 85.3 Å². The molecule has 152 valence electrons. The average molecular weight is 446 g/mol. The second-order valence-electron chi connectivity index (χ2n) is 6.49. The summed E-state index contributed by atoms with van der Waals surface area (Å²) in [7, 11) is 0. The third kappa shape index (κ3) is 4.28. The maximum absolute atomic E-state index is 12.9. The summed E-state index contributed by atoms with van der Waals surface area (Å²) >= 11 is 1.54. The fraction of sp³-hybridized carbons (Fsp3) is 0. The number of nitrogens with zero attached hydrogens (tertiary/aromatic N) is 4. The number of para-hydroxylation sites is 1. The van der Waals surface area contributed by atoms with E-state index in [1.807, 2.05) is 60.7 Å². The molecule has 0 unspecified atom stereocenters. The van der Waals surface area contributed by atoms with Crippen LogP contribution in [0.5, 0.6) is 0 Å². The molecule has 0 aliphatic rings. The molecule has 1 N–H and O–H groups in total. The van der Waals surface area contributed by atoms with Gasteiger partial charge in [-0.1, -0.05) is 42.5 Å². The third-order valence-electron chi connectivity index (χ3n) is 4.52. The van der Waals surface area contributed by atoms with E-state index >= 15 is 0 Å². The van der Waals surface area contributed by atoms with Crippen LogP contribution in [0, 0.1) is 0 Å². The minimum Gasteiger partial charge on any atom is -0.320 e. The Bertz CT molecular complexity index is 1320. The molecule has 0 bridgehead atoms. The van der Waals surface area contributed by atoms with Gasteiger partial charge in [0, 0.05) is 29.7 Å². The molecule has 0 saturated heterocycles. The largest absolute Gasteiger partial charge is 0.320 e. The van der Waals surface area contributed by atoms with Crippen molar-refractivity contribution < 1.29 is 4.79 Å². The summed E-state index contributed by atoms with van der Waals surface area (Å²) in [6, 6.07) is 20.7. The van der Waals surface area contributed by atoms with Crippen molar-refractivity contribution in [3.05, 3.63) is 91.0 Å². The van der Waals surface area contributed by atoms with Gasteiger partial charge < -0.3 is 5.32 Å². The van der Waals surface area contributed by atoms with Crippen LogP contribution in [0.3, 0.4) is 0 Å². The number of carbonyl (C=O) groups is 1. The van der Waals surface area contributed by atoms with Crippen molar-refractivity contribution in [2.24, 2.45) is 0 Å². The number of carbonyl (C=O) groups excluding carboxylic acids is 1. The van der Waals surface area contributed by atoms with Crippen molar-refractivity contribution in [2.75, 3.05) is 5.32 Å². The van der Waals surface area contributed by atoms with Crippen LogP contribution in [0.4, 0.5) is 5.69 Å². The molecule has 31 heavy (non-hydrogen) atoms. The number of amides is 1. The van der Waals surface area contributed by atoms with Gasteiger partial charge in [0.05, 0.1) is 15.9 Å². The first kappa shape index (κ1) is 20.6. The lowest BCUT2D eigenvalue weighted by atomic mass is 10.1. The molecule has 5 aromatic rings. The van der Waals surface area contributed by atoms with Crippen molar-refractivity contribution in [3.8, 4) is 22.0 Å². The number of halogens is 1. The minimum absolute atomic E-state index is 0. The normalized spacial score (nSPS) is 10.5. The van der Waals surface area contributed by atoms with Gasteiger partial charge in [-0.25, -0.2) is 15.0 Å². The first-order valence-corrected chi connectivity index (χ1v) is 10.1. The molecule has 3 heterocycles. The number of fused-ring (bicyclic) bond motifs is 1. The van der Waals surface area contributed by atoms with Crippen molar-refractivity contribution in [1.29, 1.82) is 0 Å². The molecule has 0 atom stereocenters. The predicted molar refractivity (Wildman–Crippen MR) is 126 cm³/mol. The van der Waals surface area contributed by atoms with Gasteiger partial charge in [-0.05, 0) is 24.3 Å². The maximum Gasteiger partial charge on any atom is 0.274 e. The number of rotatable bonds is 4. The number of anilines is 1. The summed E-state index contributed by atoms with van der Waals surface area (Å²) in [5, 5.41) is 3.79. The molecule has 0 spiro atoms. The summed E-state index contributed by atoms with van der Waals surface area (Å²) in [5.41, 5.74) is 3.57. The van der Waals surface area contributed by atoms with Crippen molar-refractivity contribution in [1.82, 2.24) is 19.9 Å². The van der Waals surface area contributed by atoms with Gasteiger partial charge >= 0.3 is 0 Å². The Hall–Kier alpha value is -3.68. The molecule has 1 amide bonds. The predicted octanol–water partition coefficient (Wildman–Crippen LogP) is 5.49. The van der Waals surface area contributed by atoms with Gasteiger partial charge in [-0.3, -0.25) is 9.78 Å². The summed E-state index contributed by atoms with van der Waals surface area (Å²) in [6.45, 7) is 0. The third-order valence-corrected chi connectivity index (χ3v) is 5.56. The Kier molecular flexibility index (Phi) is 5.97. The van der Waals surface area contributed by atoms with Gasteiger partial charge in [0.15, 0.2) is 5.82 Å². The molecular formula is C23H16ClN5OS. The number of hydrogen-bond donors (Lipinski definition) is 1. The van der Waals surface area contributed by atoms with Crippen molar-refractivity contribution in [2.45, 2.75) is 0 Å². The summed E-state index contributed by atoms with van der Waals surface area (Å²) in [5.74, 6) is 0.208. The Labute approximate surface area is 188 Å². The number of thiazole rings is 1. The first-order valence-electron chi connectivity index (χ1n) is 9.28. The number of pyridine rings is 1. The van der Waals surface area contributed by atoms with E-state index in [9.17, 15) is 4.79 Å². The molecule has 6 nitrogen and oxygen atoms in total. The van der Waals surface area contributed by atoms with Gasteiger partial charge in [-0.2, -0.15) is 0 Å². The highest BCUT2D eigenvalue weighted by atomic mass is 35.5. The maximum atomic E-state index is 12.9. The molecule has 0 fully saturated rings. The number of hydrogen-bond acceptors (Lipinski definition) is 6. The van der Waals surface area contributed by atoms with E-state index in [0.29, 0.717) is 17.2 Å². The Morgan fingerprint density at radius 2 is 1.68 bits per heavy atom. The van der Waals surface area contributed by atoms with Crippen LogP contribution in [0.1, 0.15) is 10.5 Å². The summed E-state index contributed by atoms with van der Waals surface area (Å²) in [6.07, 6.45) is 5.11. The minimum atomic E-state index is -0.301. The first-order chi connectivity index (χ1) is 14.8. The molecule has 0 aliphatic heterocycles. The van der Waals surface area contributed by atoms with Gasteiger partial charge in [0.2, 0.25) is 0 Å².